The van der Waals surface area contributed by atoms with Crippen LogP contribution in [0.1, 0.15) is 36.0 Å². The molecule has 0 spiro atoms. The third-order valence-electron chi connectivity index (χ3n) is 3.84. The summed E-state index contributed by atoms with van der Waals surface area (Å²) in [7, 11) is 0. The van der Waals surface area contributed by atoms with E-state index in [9.17, 15) is 19.5 Å². The zero-order valence-electron chi connectivity index (χ0n) is 13.1. The van der Waals surface area contributed by atoms with Gasteiger partial charge in [-0.05, 0) is 12.8 Å². The molecule has 1 unspecified atom stereocenters. The lowest BCUT2D eigenvalue weighted by atomic mass is 9.83. The van der Waals surface area contributed by atoms with Gasteiger partial charge in [-0.25, -0.2) is 0 Å². The predicted octanol–water partition coefficient (Wildman–Crippen LogP) is 2.60. The number of allylic oxidation sites excluding steroid dienone is 2. The number of aliphatic imine (C=N–C) groups is 1. The number of hydrogen-bond donors (Lipinski definition) is 2. The average Bonchev–Trinajstić information content (AvgIpc) is 2.57. The third kappa shape index (κ3) is 4.38. The van der Waals surface area contributed by atoms with Crippen molar-refractivity contribution in [3.8, 4) is 0 Å². The fourth-order valence-electron chi connectivity index (χ4n) is 2.55. The van der Waals surface area contributed by atoms with Gasteiger partial charge in [0, 0.05) is 31.2 Å². The first-order valence-corrected chi connectivity index (χ1v) is 7.78. The Kier molecular flexibility index (Phi) is 6.01. The Morgan fingerprint density at radius 2 is 1.96 bits per heavy atom. The van der Waals surface area contributed by atoms with Gasteiger partial charge in [0.15, 0.2) is 11.6 Å². The Morgan fingerprint density at radius 3 is 2.62 bits per heavy atom. The van der Waals surface area contributed by atoms with Crippen molar-refractivity contribution in [2.45, 2.75) is 25.7 Å². The molecule has 0 amide bonds. The molecule has 1 atom stereocenters. The summed E-state index contributed by atoms with van der Waals surface area (Å²) in [5.41, 5.74) is 0.534. The number of aliphatic hydroxyl groups is 1. The fourth-order valence-corrected chi connectivity index (χ4v) is 2.55. The van der Waals surface area contributed by atoms with E-state index in [0.717, 1.165) is 0 Å². The van der Waals surface area contributed by atoms with Gasteiger partial charge in [-0.3, -0.25) is 19.4 Å². The van der Waals surface area contributed by atoms with Crippen LogP contribution in [0, 0.1) is 5.92 Å². The molecule has 0 fully saturated rings. The van der Waals surface area contributed by atoms with Crippen LogP contribution in [0.3, 0.4) is 0 Å². The van der Waals surface area contributed by atoms with E-state index in [1.807, 2.05) is 0 Å². The van der Waals surface area contributed by atoms with Gasteiger partial charge in [0.1, 0.15) is 5.76 Å². The maximum absolute atomic E-state index is 12.5. The SMILES string of the molecule is O=C(O)CCCN=CC1=C(O)C(C(=O)c2ccccc2)CCC1=O. The van der Waals surface area contributed by atoms with Gasteiger partial charge in [-0.15, -0.1) is 0 Å². The molecule has 24 heavy (non-hydrogen) atoms. The minimum Gasteiger partial charge on any atom is -0.511 e. The molecule has 6 nitrogen and oxygen atoms in total. The predicted molar refractivity (Wildman–Crippen MR) is 88.4 cm³/mol. The van der Waals surface area contributed by atoms with Crippen molar-refractivity contribution in [1.29, 1.82) is 0 Å². The van der Waals surface area contributed by atoms with Crippen molar-refractivity contribution in [2.75, 3.05) is 6.54 Å². The highest BCUT2D eigenvalue weighted by molar-refractivity contribution is 6.16. The Hall–Kier alpha value is -2.76. The fraction of sp³-hybridized carbons (Fsp3) is 0.333. The van der Waals surface area contributed by atoms with Gasteiger partial charge < -0.3 is 10.2 Å². The average molecular weight is 329 g/mol. The molecule has 1 aromatic rings. The van der Waals surface area contributed by atoms with Crippen LogP contribution in [0.2, 0.25) is 0 Å². The monoisotopic (exact) mass is 329 g/mol. The van der Waals surface area contributed by atoms with Crippen LogP contribution in [0.15, 0.2) is 46.7 Å². The number of hydrogen-bond acceptors (Lipinski definition) is 5. The Balaban J connectivity index is 2.13. The highest BCUT2D eigenvalue weighted by atomic mass is 16.4. The van der Waals surface area contributed by atoms with Crippen LogP contribution in [-0.2, 0) is 9.59 Å². The highest BCUT2D eigenvalue weighted by Gasteiger charge is 2.32. The summed E-state index contributed by atoms with van der Waals surface area (Å²) in [5, 5.41) is 18.9. The van der Waals surface area contributed by atoms with Gasteiger partial charge in [0.25, 0.3) is 0 Å². The number of nitrogens with zero attached hydrogens (tertiary/aromatic N) is 1. The molecule has 0 heterocycles. The second-order valence-electron chi connectivity index (χ2n) is 5.58. The first-order valence-electron chi connectivity index (χ1n) is 7.78. The van der Waals surface area contributed by atoms with Crippen molar-refractivity contribution < 1.29 is 24.6 Å². The largest absolute Gasteiger partial charge is 0.511 e. The molecule has 0 saturated carbocycles. The van der Waals surface area contributed by atoms with Crippen LogP contribution in [0.4, 0.5) is 0 Å². The van der Waals surface area contributed by atoms with E-state index in [1.54, 1.807) is 30.3 Å². The number of aliphatic hydroxyl groups excluding tert-OH is 1. The molecule has 0 bridgehead atoms. The Bertz CT molecular complexity index is 691. The molecular weight excluding hydrogens is 310 g/mol. The molecule has 0 saturated heterocycles. The van der Waals surface area contributed by atoms with Crippen LogP contribution in [0.5, 0.6) is 0 Å². The van der Waals surface area contributed by atoms with Gasteiger partial charge in [0.2, 0.25) is 0 Å². The molecule has 0 aromatic heterocycles. The molecule has 0 radical (unpaired) electrons. The van der Waals surface area contributed by atoms with Gasteiger partial charge in [-0.1, -0.05) is 30.3 Å². The third-order valence-corrected chi connectivity index (χ3v) is 3.84. The Morgan fingerprint density at radius 1 is 1.25 bits per heavy atom. The van der Waals surface area contributed by atoms with Crippen molar-refractivity contribution >= 4 is 23.8 Å². The van der Waals surface area contributed by atoms with E-state index < -0.39 is 11.9 Å². The van der Waals surface area contributed by atoms with Gasteiger partial charge >= 0.3 is 5.97 Å². The summed E-state index contributed by atoms with van der Waals surface area (Å²) < 4.78 is 0. The second-order valence-corrected chi connectivity index (χ2v) is 5.58. The quantitative estimate of drug-likeness (QED) is 0.454. The van der Waals surface area contributed by atoms with Crippen molar-refractivity contribution in [2.24, 2.45) is 10.9 Å². The van der Waals surface area contributed by atoms with Crippen molar-refractivity contribution in [3.63, 3.8) is 0 Å². The number of rotatable bonds is 7. The summed E-state index contributed by atoms with van der Waals surface area (Å²) >= 11 is 0. The minimum atomic E-state index is -0.908. The summed E-state index contributed by atoms with van der Waals surface area (Å²) in [4.78, 5) is 38.9. The highest BCUT2D eigenvalue weighted by Crippen LogP contribution is 2.28. The minimum absolute atomic E-state index is 0.00850. The number of benzene rings is 1. The number of carboxylic acid groups (broad SMARTS) is 1. The summed E-state index contributed by atoms with van der Waals surface area (Å²) in [6, 6.07) is 8.63. The molecule has 126 valence electrons. The summed E-state index contributed by atoms with van der Waals surface area (Å²) in [6.45, 7) is 0.244. The smallest absolute Gasteiger partial charge is 0.303 e. The topological polar surface area (TPSA) is 104 Å². The first kappa shape index (κ1) is 17.6. The van der Waals surface area contributed by atoms with E-state index >= 15 is 0 Å². The van der Waals surface area contributed by atoms with Gasteiger partial charge in [-0.2, -0.15) is 0 Å². The molecule has 1 aliphatic carbocycles. The number of carbonyl (C=O) groups is 3. The van der Waals surface area contributed by atoms with E-state index in [0.29, 0.717) is 12.0 Å². The van der Waals surface area contributed by atoms with Crippen LogP contribution in [-0.4, -0.2) is 40.5 Å². The number of ketones is 2. The molecule has 1 aliphatic rings. The molecule has 6 heteroatoms. The zero-order chi connectivity index (χ0) is 17.5. The second kappa shape index (κ2) is 8.19. The lowest BCUT2D eigenvalue weighted by Gasteiger charge is -2.21. The van der Waals surface area contributed by atoms with Crippen LogP contribution < -0.4 is 0 Å². The molecule has 2 rings (SSSR count). The van der Waals surface area contributed by atoms with Crippen molar-refractivity contribution in [3.05, 3.63) is 47.2 Å². The number of carbonyl (C=O) groups excluding carboxylic acids is 2. The molecule has 2 N–H and O–H groups in total. The first-order chi connectivity index (χ1) is 11.5. The standard InChI is InChI=1S/C18H19NO5/c20-15-9-8-13(17(23)12-5-2-1-3-6-12)18(24)14(15)11-19-10-4-7-16(21)22/h1-3,5-6,11,13,24H,4,7-10H2,(H,21,22). The van der Waals surface area contributed by atoms with Gasteiger partial charge in [0.05, 0.1) is 11.5 Å². The van der Waals surface area contributed by atoms with E-state index in [1.165, 1.54) is 6.21 Å². The van der Waals surface area contributed by atoms with E-state index in [-0.39, 0.29) is 48.7 Å². The van der Waals surface area contributed by atoms with E-state index in [4.69, 9.17) is 5.11 Å². The number of aliphatic carboxylic acids is 1. The molecular formula is C18H19NO5. The maximum Gasteiger partial charge on any atom is 0.303 e. The summed E-state index contributed by atoms with van der Waals surface area (Å²) in [6.07, 6.45) is 2.04. The normalized spacial score (nSPS) is 18.2. The zero-order valence-corrected chi connectivity index (χ0v) is 13.1. The lowest BCUT2D eigenvalue weighted by Crippen LogP contribution is -2.26. The maximum atomic E-state index is 12.5. The molecule has 0 aliphatic heterocycles. The number of carboxylic acids is 1. The molecule has 1 aromatic carbocycles. The number of Topliss-reactive ketones (excluding diaryl/α,β-unsaturated/α-hetero) is 2. The lowest BCUT2D eigenvalue weighted by molar-refractivity contribution is -0.137. The van der Waals surface area contributed by atoms with E-state index in [2.05, 4.69) is 4.99 Å². The van der Waals surface area contributed by atoms with Crippen LogP contribution in [0.25, 0.3) is 0 Å². The van der Waals surface area contributed by atoms with Crippen LogP contribution >= 0.6 is 0 Å². The Labute approximate surface area is 139 Å². The summed E-state index contributed by atoms with van der Waals surface area (Å²) in [5.74, 6) is -2.38. The van der Waals surface area contributed by atoms with Crippen molar-refractivity contribution in [1.82, 2.24) is 0 Å².